The van der Waals surface area contributed by atoms with Gasteiger partial charge in [-0.3, -0.25) is 4.79 Å². The number of rotatable bonds is 5. The second kappa shape index (κ2) is 7.30. The van der Waals surface area contributed by atoms with Crippen LogP contribution in [0.25, 0.3) is 0 Å². The molecule has 0 spiro atoms. The third kappa shape index (κ3) is 3.83. The highest BCUT2D eigenvalue weighted by Crippen LogP contribution is 2.32. The molecule has 1 heterocycles. The van der Waals surface area contributed by atoms with Gasteiger partial charge in [0.2, 0.25) is 0 Å². The normalized spacial score (nSPS) is 36.4. The van der Waals surface area contributed by atoms with E-state index in [1.54, 1.807) is 6.92 Å². The maximum Gasteiger partial charge on any atom is 0.306 e. The minimum absolute atomic E-state index is 0.260. The molecule has 18 heavy (non-hydrogen) atoms. The van der Waals surface area contributed by atoms with E-state index in [1.807, 2.05) is 0 Å². The molecule has 0 bridgehead atoms. The summed E-state index contributed by atoms with van der Waals surface area (Å²) in [7, 11) is 1.33. The molecular weight excluding hydrogens is 260 g/mol. The summed E-state index contributed by atoms with van der Waals surface area (Å²) in [5.41, 5.74) is -0.356. The first-order valence-electron chi connectivity index (χ1n) is 5.82. The van der Waals surface area contributed by atoms with Gasteiger partial charge in [-0.15, -0.1) is 11.8 Å². The van der Waals surface area contributed by atoms with Gasteiger partial charge in [-0.25, -0.2) is 0 Å². The van der Waals surface area contributed by atoms with Crippen molar-refractivity contribution in [2.45, 2.75) is 37.1 Å². The number of aliphatic hydroxyl groups excluding tert-OH is 3. The Morgan fingerprint density at radius 1 is 1.39 bits per heavy atom. The van der Waals surface area contributed by atoms with E-state index < -0.39 is 18.3 Å². The lowest BCUT2D eigenvalue weighted by Gasteiger charge is -2.40. The van der Waals surface area contributed by atoms with Crippen molar-refractivity contribution < 1.29 is 29.6 Å². The maximum atomic E-state index is 11.0. The van der Waals surface area contributed by atoms with Crippen molar-refractivity contribution in [1.29, 1.82) is 0 Å². The fourth-order valence-electron chi connectivity index (χ4n) is 1.77. The highest BCUT2D eigenvalue weighted by Gasteiger charge is 2.41. The predicted molar refractivity (Wildman–Crippen MR) is 66.0 cm³/mol. The molecule has 5 atom stereocenters. The monoisotopic (exact) mass is 280 g/mol. The van der Waals surface area contributed by atoms with Gasteiger partial charge in [0, 0.05) is 11.7 Å². The first kappa shape index (κ1) is 15.7. The molecule has 0 aromatic carbocycles. The van der Waals surface area contributed by atoms with E-state index in [0.29, 0.717) is 5.75 Å². The van der Waals surface area contributed by atoms with E-state index in [4.69, 9.17) is 9.84 Å². The second-order valence-corrected chi connectivity index (χ2v) is 5.47. The van der Waals surface area contributed by atoms with Crippen molar-refractivity contribution in [2.24, 2.45) is 5.92 Å². The lowest BCUT2D eigenvalue weighted by atomic mass is 9.94. The number of hydrogen-bond donors (Lipinski definition) is 3. The Labute approximate surface area is 110 Å². The van der Waals surface area contributed by atoms with Gasteiger partial charge in [-0.1, -0.05) is 6.92 Å². The minimum atomic E-state index is -1.08. The van der Waals surface area contributed by atoms with Crippen molar-refractivity contribution in [1.82, 2.24) is 0 Å². The molecule has 1 fully saturated rings. The van der Waals surface area contributed by atoms with Gasteiger partial charge in [0.25, 0.3) is 0 Å². The van der Waals surface area contributed by atoms with Crippen LogP contribution >= 0.6 is 11.8 Å². The van der Waals surface area contributed by atoms with Crippen LogP contribution < -0.4 is 0 Å². The summed E-state index contributed by atoms with van der Waals surface area (Å²) in [6.45, 7) is 1.41. The van der Waals surface area contributed by atoms with E-state index in [1.165, 1.54) is 18.9 Å². The Balaban J connectivity index is 2.46. The quantitative estimate of drug-likeness (QED) is 0.576. The minimum Gasteiger partial charge on any atom is -0.469 e. The lowest BCUT2D eigenvalue weighted by Crippen LogP contribution is -2.53. The third-order valence-electron chi connectivity index (χ3n) is 3.00. The Hall–Kier alpha value is -0.340. The van der Waals surface area contributed by atoms with E-state index in [-0.39, 0.29) is 30.4 Å². The summed E-state index contributed by atoms with van der Waals surface area (Å²) in [4.78, 5) is 11.0. The molecule has 0 radical (unpaired) electrons. The number of aliphatic hydroxyl groups is 3. The van der Waals surface area contributed by atoms with Crippen molar-refractivity contribution in [2.75, 3.05) is 19.5 Å². The summed E-state index contributed by atoms with van der Waals surface area (Å²) >= 11 is 1.37. The first-order chi connectivity index (χ1) is 8.51. The van der Waals surface area contributed by atoms with Crippen LogP contribution in [0.15, 0.2) is 0 Å². The molecule has 0 aliphatic carbocycles. The van der Waals surface area contributed by atoms with Gasteiger partial charge in [0.15, 0.2) is 0 Å². The molecule has 6 nitrogen and oxygen atoms in total. The van der Waals surface area contributed by atoms with Gasteiger partial charge in [-0.2, -0.15) is 0 Å². The highest BCUT2D eigenvalue weighted by atomic mass is 32.2. The average molecular weight is 280 g/mol. The van der Waals surface area contributed by atoms with E-state index in [2.05, 4.69) is 4.74 Å². The fraction of sp³-hybridized carbons (Fsp3) is 0.909. The molecule has 1 saturated heterocycles. The molecule has 3 N–H and O–H groups in total. The molecule has 106 valence electrons. The van der Waals surface area contributed by atoms with Gasteiger partial charge in [0.1, 0.15) is 17.6 Å². The maximum absolute atomic E-state index is 11.0. The van der Waals surface area contributed by atoms with Crippen LogP contribution in [0.4, 0.5) is 0 Å². The highest BCUT2D eigenvalue weighted by molar-refractivity contribution is 7.99. The number of hydrogen-bond acceptors (Lipinski definition) is 7. The molecule has 7 heteroatoms. The predicted octanol–water partition coefficient (Wildman–Crippen LogP) is -0.642. The molecule has 0 amide bonds. The van der Waals surface area contributed by atoms with Gasteiger partial charge < -0.3 is 24.8 Å². The summed E-state index contributed by atoms with van der Waals surface area (Å²) in [6, 6.07) is 0. The Morgan fingerprint density at radius 3 is 2.61 bits per heavy atom. The van der Waals surface area contributed by atoms with Gasteiger partial charge in [-0.05, 0) is 0 Å². The average Bonchev–Trinajstić information content (AvgIpc) is 2.38. The van der Waals surface area contributed by atoms with Crippen molar-refractivity contribution >= 4 is 17.7 Å². The molecule has 0 unspecified atom stereocenters. The zero-order valence-corrected chi connectivity index (χ0v) is 11.3. The summed E-state index contributed by atoms with van der Waals surface area (Å²) < 4.78 is 10.0. The standard InChI is InChI=1S/C11H20O6S/c1-6-9(14)10(15)7(5-12)17-11(6)18-4-3-8(13)16-2/h6-7,9-12,14-15H,3-5H2,1-2H3/t6-,7-,9-,10+,11+/m1/s1. The molecule has 1 rings (SSSR count). The lowest BCUT2D eigenvalue weighted by molar-refractivity contribution is -0.181. The molecule has 0 saturated carbocycles. The molecule has 1 aliphatic rings. The molecule has 0 aromatic rings. The number of carbonyl (C=O) groups excluding carboxylic acids is 1. The third-order valence-corrected chi connectivity index (χ3v) is 4.31. The fourth-order valence-corrected chi connectivity index (χ4v) is 2.97. The molecule has 1 aliphatic heterocycles. The van der Waals surface area contributed by atoms with Crippen molar-refractivity contribution in [3.05, 3.63) is 0 Å². The van der Waals surface area contributed by atoms with E-state index in [9.17, 15) is 15.0 Å². The van der Waals surface area contributed by atoms with Gasteiger partial charge >= 0.3 is 5.97 Å². The van der Waals surface area contributed by atoms with Crippen LogP contribution in [0.1, 0.15) is 13.3 Å². The number of esters is 1. The molecular formula is C11H20O6S. The summed E-state index contributed by atoms with van der Waals surface area (Å²) in [6.07, 6.45) is -2.54. The molecule has 0 aromatic heterocycles. The number of ether oxygens (including phenoxy) is 2. The summed E-state index contributed by atoms with van der Waals surface area (Å²) in [5, 5.41) is 28.5. The van der Waals surface area contributed by atoms with Crippen LogP contribution in [0, 0.1) is 5.92 Å². The van der Waals surface area contributed by atoms with Gasteiger partial charge in [0.05, 0.1) is 26.2 Å². The van der Waals surface area contributed by atoms with Crippen molar-refractivity contribution in [3.8, 4) is 0 Å². The summed E-state index contributed by atoms with van der Waals surface area (Å²) in [5.74, 6) is -0.0708. The smallest absolute Gasteiger partial charge is 0.306 e. The first-order valence-corrected chi connectivity index (χ1v) is 6.87. The van der Waals surface area contributed by atoms with Crippen LogP contribution in [-0.2, 0) is 14.3 Å². The number of thioether (sulfide) groups is 1. The van der Waals surface area contributed by atoms with Crippen LogP contribution in [0.3, 0.4) is 0 Å². The zero-order chi connectivity index (χ0) is 13.7. The number of methoxy groups -OCH3 is 1. The van der Waals surface area contributed by atoms with Crippen molar-refractivity contribution in [3.63, 3.8) is 0 Å². The Morgan fingerprint density at radius 2 is 2.06 bits per heavy atom. The second-order valence-electron chi connectivity index (χ2n) is 4.26. The number of carbonyl (C=O) groups is 1. The van der Waals surface area contributed by atoms with Crippen LogP contribution in [0.2, 0.25) is 0 Å². The van der Waals surface area contributed by atoms with E-state index in [0.717, 1.165) is 0 Å². The van der Waals surface area contributed by atoms with Crippen LogP contribution in [0.5, 0.6) is 0 Å². The zero-order valence-electron chi connectivity index (χ0n) is 10.5. The SMILES string of the molecule is COC(=O)CCS[C@@H]1O[C@H](CO)[C@H](O)[C@H](O)[C@H]1C. The topological polar surface area (TPSA) is 96.2 Å². The Kier molecular flexibility index (Phi) is 6.37. The largest absolute Gasteiger partial charge is 0.469 e. The van der Waals surface area contributed by atoms with Crippen LogP contribution in [-0.4, -0.2) is 64.5 Å². The Bertz CT molecular complexity index is 272. The van der Waals surface area contributed by atoms with E-state index >= 15 is 0 Å².